The molecule has 12 heteroatoms. The number of carbonyl (C=O) groups is 6. The van der Waals surface area contributed by atoms with Gasteiger partial charge >= 0.3 is 35.8 Å². The van der Waals surface area contributed by atoms with Crippen LogP contribution >= 0.6 is 0 Å². The van der Waals surface area contributed by atoms with Gasteiger partial charge in [-0.25, -0.2) is 0 Å². The minimum absolute atomic E-state index is 0. The maximum absolute atomic E-state index is 12.8. The fourth-order valence-electron chi connectivity index (χ4n) is 18.5. The molecule has 4 bridgehead atoms. The molecule has 9 saturated carbocycles. The van der Waals surface area contributed by atoms with Crippen molar-refractivity contribution in [3.05, 3.63) is 0 Å². The molecule has 0 aromatic rings. The molecule has 6 unspecified atom stereocenters. The summed E-state index contributed by atoms with van der Waals surface area (Å²) in [6.07, 6.45) is 44.6. The van der Waals surface area contributed by atoms with Gasteiger partial charge in [-0.15, -0.1) is 0 Å². The first-order valence-corrected chi connectivity index (χ1v) is 44.2. The van der Waals surface area contributed by atoms with Gasteiger partial charge in [0.1, 0.15) is 33.6 Å². The molecule has 0 radical (unpaired) electrons. The topological polar surface area (TPSA) is 158 Å². The van der Waals surface area contributed by atoms with E-state index in [1.54, 1.807) is 0 Å². The third kappa shape index (κ3) is 34.6. The Morgan fingerprint density at radius 1 is 0.288 bits per heavy atom. The molecule has 0 heterocycles. The summed E-state index contributed by atoms with van der Waals surface area (Å²) in [6, 6.07) is 0. The molecule has 9 aliphatic rings. The van der Waals surface area contributed by atoms with Crippen LogP contribution in [0.1, 0.15) is 534 Å². The maximum Gasteiger partial charge on any atom is 0.312 e. The monoisotopic (exact) mass is 1680 g/mol. The van der Waals surface area contributed by atoms with E-state index in [1.807, 2.05) is 111 Å². The quantitative estimate of drug-likeness (QED) is 0.0575. The van der Waals surface area contributed by atoms with Crippen molar-refractivity contribution in [3.8, 4) is 0 Å². The molecule has 0 N–H and O–H groups in total. The van der Waals surface area contributed by atoms with E-state index < -0.39 is 0 Å². The molecule has 714 valence electrons. The van der Waals surface area contributed by atoms with Crippen LogP contribution in [-0.2, 0) is 57.2 Å². The van der Waals surface area contributed by atoms with E-state index in [2.05, 4.69) is 90.0 Å². The lowest BCUT2D eigenvalue weighted by Crippen LogP contribution is -2.49. The molecule has 0 aliphatic heterocycles. The normalized spacial score (nSPS) is 24.0. The zero-order chi connectivity index (χ0) is 80.6. The number of hydrogen-bond acceptors (Lipinski definition) is 12. The highest BCUT2D eigenvalue weighted by Crippen LogP contribution is 2.71. The summed E-state index contributed by atoms with van der Waals surface area (Å²) in [5, 5.41) is 0. The SMILES string of the molecule is C.C.C.C.C.C.C.C.C.C.C.C.CCC(C)(C)C(=O)OC(C)(C)C1CCCC1.CCC(C)(C)C(=O)OC(C)(C)C1CCCCC1.CCC(C)(C)C(=O)OC(C)(C1CCCCC1)C1CCCCC1.CCC(C)(C)C(=O)OC1(C)CC2CCC1(C)C2(C)C.CCC(C)(C)C(=O)OC1(C)CC2CCC1C2.CCC(C)(C)C(=O)OC1(C)CCCCCC1. The summed E-state index contributed by atoms with van der Waals surface area (Å²) < 4.78 is 35.6. The van der Waals surface area contributed by atoms with Crippen LogP contribution in [0.2, 0.25) is 0 Å². The number of hydrogen-bond donors (Lipinski definition) is 0. The van der Waals surface area contributed by atoms with Gasteiger partial charge in [0.2, 0.25) is 0 Å². The third-order valence-corrected chi connectivity index (χ3v) is 30.9. The molecule has 9 aliphatic carbocycles. The molecular formula is C106H218O12. The van der Waals surface area contributed by atoms with Crippen LogP contribution in [0.25, 0.3) is 0 Å². The van der Waals surface area contributed by atoms with Gasteiger partial charge in [-0.2, -0.15) is 0 Å². The Labute approximate surface area is 741 Å². The van der Waals surface area contributed by atoms with Crippen LogP contribution in [0.3, 0.4) is 0 Å². The Hall–Kier alpha value is -3.18. The summed E-state index contributed by atoms with van der Waals surface area (Å²) in [7, 11) is 0. The van der Waals surface area contributed by atoms with Crippen LogP contribution in [0, 0.1) is 84.7 Å². The van der Waals surface area contributed by atoms with Crippen molar-refractivity contribution in [2.45, 2.75) is 568 Å². The van der Waals surface area contributed by atoms with E-state index in [0.29, 0.717) is 35.5 Å². The number of fused-ring (bicyclic) bond motifs is 4. The van der Waals surface area contributed by atoms with Crippen molar-refractivity contribution >= 4 is 35.8 Å². The van der Waals surface area contributed by atoms with E-state index in [4.69, 9.17) is 28.4 Å². The molecule has 9 fully saturated rings. The van der Waals surface area contributed by atoms with Crippen molar-refractivity contribution in [1.29, 1.82) is 0 Å². The minimum atomic E-state index is -0.370. The zero-order valence-corrected chi connectivity index (χ0v) is 74.8. The van der Waals surface area contributed by atoms with Crippen LogP contribution in [-0.4, -0.2) is 69.4 Å². The molecule has 0 aromatic heterocycles. The average molecular weight is 1680 g/mol. The second-order valence-corrected chi connectivity index (χ2v) is 42.1. The lowest BCUT2D eigenvalue weighted by Gasteiger charge is -2.47. The second-order valence-electron chi connectivity index (χ2n) is 42.1. The van der Waals surface area contributed by atoms with Crippen molar-refractivity contribution in [1.82, 2.24) is 0 Å². The average Bonchev–Trinajstić information content (AvgIpc) is 1.53. The first-order chi connectivity index (χ1) is 48.8. The van der Waals surface area contributed by atoms with Crippen molar-refractivity contribution in [2.75, 3.05) is 0 Å². The smallest absolute Gasteiger partial charge is 0.312 e. The third-order valence-electron chi connectivity index (χ3n) is 30.9. The Morgan fingerprint density at radius 2 is 0.568 bits per heavy atom. The van der Waals surface area contributed by atoms with Crippen molar-refractivity contribution in [2.24, 2.45) is 84.7 Å². The summed E-state index contributed by atoms with van der Waals surface area (Å²) >= 11 is 0. The Kier molecular flexibility index (Phi) is 60.8. The van der Waals surface area contributed by atoms with Gasteiger partial charge in [-0.3, -0.25) is 28.8 Å². The van der Waals surface area contributed by atoms with Crippen LogP contribution in [0.5, 0.6) is 0 Å². The molecule has 9 rings (SSSR count). The van der Waals surface area contributed by atoms with Gasteiger partial charge in [0, 0.05) is 5.41 Å². The van der Waals surface area contributed by atoms with Gasteiger partial charge < -0.3 is 28.4 Å². The first kappa shape index (κ1) is 133. The lowest BCUT2D eigenvalue weighted by molar-refractivity contribution is -0.187. The molecule has 118 heavy (non-hydrogen) atoms. The van der Waals surface area contributed by atoms with E-state index in [-0.39, 0.29) is 202 Å². The fraction of sp³-hybridized carbons (Fsp3) is 0.943. The Balaban J connectivity index is -0.000000170. The van der Waals surface area contributed by atoms with Crippen molar-refractivity contribution < 1.29 is 57.2 Å². The van der Waals surface area contributed by atoms with Gasteiger partial charge in [0.15, 0.2) is 0 Å². The molecule has 0 saturated heterocycles. The predicted molar refractivity (Wildman–Crippen MR) is 518 cm³/mol. The van der Waals surface area contributed by atoms with Gasteiger partial charge in [-0.05, 0) is 346 Å². The van der Waals surface area contributed by atoms with Crippen LogP contribution in [0.15, 0.2) is 0 Å². The van der Waals surface area contributed by atoms with Crippen molar-refractivity contribution in [3.63, 3.8) is 0 Å². The minimum Gasteiger partial charge on any atom is -0.459 e. The Bertz CT molecular complexity index is 2700. The van der Waals surface area contributed by atoms with E-state index in [9.17, 15) is 28.8 Å². The highest BCUT2D eigenvalue weighted by molar-refractivity contribution is 5.79. The number of ether oxygens (including phenoxy) is 6. The van der Waals surface area contributed by atoms with Gasteiger partial charge in [0.25, 0.3) is 0 Å². The second kappa shape index (κ2) is 54.0. The van der Waals surface area contributed by atoms with Crippen LogP contribution in [0.4, 0.5) is 0 Å². The predicted octanol–water partition coefficient (Wildman–Crippen LogP) is 34.0. The molecular weight excluding hydrogens is 1470 g/mol. The standard InChI is InChI=1S/C20H36O2.C17H30O2.C15H28O2.C14H24O2.2C14H26O2.12CH4/c1-5-19(2,3)18(21)22-20(4,16-12-8-6-9-13-16)17-14-10-7-11-15-17;1-8-14(2,3)13(18)19-17(7)11-12-9-10-16(17,6)15(12,4)5;1-6-14(2,3)13(16)17-15(4,5)12-10-8-7-9-11-12;1-5-13(2,3)12(15)16-14(4)9-10-6-7-11(14)8-10;1-6-13(2,3)12(15)16-14(4,5)11-9-7-8-10-11;1-5-13(2,3)12(15)16-14(4)10-8-6-7-9-11-14;;;;;;;;;;;;/h16-17H,5-15H2,1-4H3;12H,8-11H2,1-7H3;12H,6-11H2,1-5H3;10-11H,5-9H2,1-4H3;11H,6-10H2,1-5H3;5-11H2,1-4H3;12*1H4. The van der Waals surface area contributed by atoms with Gasteiger partial charge in [0.05, 0.1) is 32.5 Å². The zero-order valence-electron chi connectivity index (χ0n) is 74.8. The summed E-state index contributed by atoms with van der Waals surface area (Å²) in [4.78, 5) is 73.6. The number of carbonyl (C=O) groups excluding carboxylic acids is 6. The molecule has 12 nitrogen and oxygen atoms in total. The molecule has 6 atom stereocenters. The maximum atomic E-state index is 12.8. The number of rotatable bonds is 22. The van der Waals surface area contributed by atoms with Gasteiger partial charge in [-0.1, -0.05) is 235 Å². The lowest BCUT2D eigenvalue weighted by atomic mass is 9.65. The molecule has 0 spiro atoms. The highest BCUT2D eigenvalue weighted by Gasteiger charge is 2.69. The van der Waals surface area contributed by atoms with E-state index >= 15 is 0 Å². The summed E-state index contributed by atoms with van der Waals surface area (Å²) in [6.45, 7) is 60.0. The van der Waals surface area contributed by atoms with E-state index in [0.717, 1.165) is 70.1 Å². The Morgan fingerprint density at radius 3 is 0.847 bits per heavy atom. The molecule has 0 aromatic carbocycles. The van der Waals surface area contributed by atoms with E-state index in [1.165, 1.54) is 180 Å². The summed E-state index contributed by atoms with van der Waals surface area (Å²) in [5.74, 6) is 4.21. The fourth-order valence-corrected chi connectivity index (χ4v) is 18.5. The first-order valence-electron chi connectivity index (χ1n) is 44.2. The number of esters is 6. The highest BCUT2D eigenvalue weighted by atomic mass is 16.6. The molecule has 0 amide bonds. The summed E-state index contributed by atoms with van der Waals surface area (Å²) in [5.41, 5.74) is -3.19. The largest absolute Gasteiger partial charge is 0.459 e. The van der Waals surface area contributed by atoms with Crippen LogP contribution < -0.4 is 0 Å².